The fourth-order valence-electron chi connectivity index (χ4n) is 0.581. The molecule has 3 nitrogen and oxygen atoms in total. The molecule has 0 rings (SSSR count). The molecule has 0 spiro atoms. The Labute approximate surface area is 61.0 Å². The first-order valence-electron chi connectivity index (χ1n) is 3.18. The van der Waals surface area contributed by atoms with Crippen molar-refractivity contribution in [2.75, 3.05) is 20.1 Å². The summed E-state index contributed by atoms with van der Waals surface area (Å²) in [6.07, 6.45) is 3.82. The second-order valence-corrected chi connectivity index (χ2v) is 2.16. The van der Waals surface area contributed by atoms with E-state index in [1.807, 2.05) is 19.1 Å². The van der Waals surface area contributed by atoms with Crippen molar-refractivity contribution in [2.45, 2.75) is 6.92 Å². The Bertz CT molecular complexity index is 132. The van der Waals surface area contributed by atoms with E-state index < -0.39 is 5.97 Å². The molecule has 0 radical (unpaired) electrons. The van der Waals surface area contributed by atoms with Gasteiger partial charge in [-0.3, -0.25) is 9.69 Å². The van der Waals surface area contributed by atoms with Crippen molar-refractivity contribution < 1.29 is 9.90 Å². The molecule has 0 saturated heterocycles. The van der Waals surface area contributed by atoms with E-state index in [9.17, 15) is 4.79 Å². The van der Waals surface area contributed by atoms with Gasteiger partial charge < -0.3 is 5.11 Å². The van der Waals surface area contributed by atoms with Gasteiger partial charge in [-0.25, -0.2) is 0 Å². The van der Waals surface area contributed by atoms with Crippen molar-refractivity contribution in [2.24, 2.45) is 0 Å². The Morgan fingerprint density at radius 3 is 2.70 bits per heavy atom. The van der Waals surface area contributed by atoms with Crippen LogP contribution in [0.3, 0.4) is 0 Å². The van der Waals surface area contributed by atoms with Crippen LogP contribution in [-0.4, -0.2) is 36.1 Å². The number of rotatable bonds is 4. The van der Waals surface area contributed by atoms with Gasteiger partial charge >= 0.3 is 5.97 Å². The number of hydrogen-bond acceptors (Lipinski definition) is 2. The predicted octanol–water partition coefficient (Wildman–Crippen LogP) is 0.579. The van der Waals surface area contributed by atoms with Gasteiger partial charge in [-0.15, -0.1) is 0 Å². The first kappa shape index (κ1) is 9.17. The smallest absolute Gasteiger partial charge is 0.317 e. The van der Waals surface area contributed by atoms with Gasteiger partial charge in [0.1, 0.15) is 0 Å². The van der Waals surface area contributed by atoms with Crippen molar-refractivity contribution >= 4 is 5.97 Å². The lowest BCUT2D eigenvalue weighted by molar-refractivity contribution is -0.137. The van der Waals surface area contributed by atoms with Crippen LogP contribution in [0.5, 0.6) is 0 Å². The van der Waals surface area contributed by atoms with Crippen LogP contribution in [0, 0.1) is 0 Å². The molecule has 0 aliphatic rings. The summed E-state index contributed by atoms with van der Waals surface area (Å²) in [6.45, 7) is 2.71. The summed E-state index contributed by atoms with van der Waals surface area (Å²) in [4.78, 5) is 11.8. The van der Waals surface area contributed by atoms with Gasteiger partial charge in [0.25, 0.3) is 0 Å². The summed E-state index contributed by atoms with van der Waals surface area (Å²) in [5, 5.41) is 8.32. The highest BCUT2D eigenvalue weighted by Crippen LogP contribution is 1.82. The zero-order valence-corrected chi connectivity index (χ0v) is 6.37. The van der Waals surface area contributed by atoms with Crippen LogP contribution in [-0.2, 0) is 4.79 Å². The molecule has 0 aromatic heterocycles. The number of likely N-dealkylation sites (N-methyl/N-ethyl adjacent to an activating group) is 1. The van der Waals surface area contributed by atoms with Gasteiger partial charge in [-0.2, -0.15) is 0 Å². The second-order valence-electron chi connectivity index (χ2n) is 2.16. The Kier molecular flexibility index (Phi) is 4.58. The van der Waals surface area contributed by atoms with Crippen molar-refractivity contribution in [3.05, 3.63) is 12.2 Å². The van der Waals surface area contributed by atoms with Gasteiger partial charge in [-0.1, -0.05) is 12.2 Å². The molecular formula is C7H13NO2. The first-order valence-corrected chi connectivity index (χ1v) is 3.18. The molecule has 0 heterocycles. The van der Waals surface area contributed by atoms with Crippen LogP contribution in [0.2, 0.25) is 0 Å². The molecule has 0 atom stereocenters. The molecule has 0 aliphatic carbocycles. The molecule has 0 amide bonds. The number of allylic oxidation sites excluding steroid dienone is 1. The summed E-state index contributed by atoms with van der Waals surface area (Å²) >= 11 is 0. The van der Waals surface area contributed by atoms with E-state index in [2.05, 4.69) is 0 Å². The molecule has 0 unspecified atom stereocenters. The lowest BCUT2D eigenvalue weighted by atomic mass is 10.4. The SMILES string of the molecule is CC=CCN(C)CC(=O)O. The Morgan fingerprint density at radius 2 is 2.30 bits per heavy atom. The Balaban J connectivity index is 3.43. The van der Waals surface area contributed by atoms with Crippen molar-refractivity contribution in [1.29, 1.82) is 0 Å². The lowest BCUT2D eigenvalue weighted by Crippen LogP contribution is -2.25. The molecule has 0 saturated carbocycles. The molecule has 10 heavy (non-hydrogen) atoms. The van der Waals surface area contributed by atoms with E-state index in [1.54, 1.807) is 11.9 Å². The first-order chi connectivity index (χ1) is 4.66. The fraction of sp³-hybridized carbons (Fsp3) is 0.571. The number of aliphatic carboxylic acids is 1. The molecule has 0 aromatic rings. The zero-order chi connectivity index (χ0) is 7.98. The van der Waals surface area contributed by atoms with E-state index in [4.69, 9.17) is 5.11 Å². The topological polar surface area (TPSA) is 40.5 Å². The minimum Gasteiger partial charge on any atom is -0.480 e. The van der Waals surface area contributed by atoms with E-state index in [-0.39, 0.29) is 6.54 Å². The second kappa shape index (κ2) is 4.99. The number of nitrogens with zero attached hydrogens (tertiary/aromatic N) is 1. The van der Waals surface area contributed by atoms with Gasteiger partial charge in [0.2, 0.25) is 0 Å². The molecule has 0 fully saturated rings. The largest absolute Gasteiger partial charge is 0.480 e. The van der Waals surface area contributed by atoms with Crippen molar-refractivity contribution in [3.63, 3.8) is 0 Å². The van der Waals surface area contributed by atoms with E-state index in [0.29, 0.717) is 6.54 Å². The van der Waals surface area contributed by atoms with Crippen molar-refractivity contribution in [1.82, 2.24) is 4.90 Å². The quantitative estimate of drug-likeness (QED) is 0.585. The predicted molar refractivity (Wildman–Crippen MR) is 39.9 cm³/mol. The monoisotopic (exact) mass is 143 g/mol. The number of carboxylic acid groups (broad SMARTS) is 1. The third kappa shape index (κ3) is 5.31. The highest BCUT2D eigenvalue weighted by Gasteiger charge is 1.99. The zero-order valence-electron chi connectivity index (χ0n) is 6.37. The third-order valence-corrected chi connectivity index (χ3v) is 1.06. The van der Waals surface area contributed by atoms with Gasteiger partial charge in [0, 0.05) is 6.54 Å². The van der Waals surface area contributed by atoms with Gasteiger partial charge in [-0.05, 0) is 14.0 Å². The van der Waals surface area contributed by atoms with Crippen LogP contribution >= 0.6 is 0 Å². The average molecular weight is 143 g/mol. The summed E-state index contributed by atoms with van der Waals surface area (Å²) in [7, 11) is 1.77. The fourth-order valence-corrected chi connectivity index (χ4v) is 0.581. The van der Waals surface area contributed by atoms with Crippen LogP contribution < -0.4 is 0 Å². The molecule has 58 valence electrons. The van der Waals surface area contributed by atoms with Crippen LogP contribution in [0.1, 0.15) is 6.92 Å². The molecular weight excluding hydrogens is 130 g/mol. The maximum atomic E-state index is 10.1. The molecule has 0 aromatic carbocycles. The van der Waals surface area contributed by atoms with Crippen LogP contribution in [0.4, 0.5) is 0 Å². The molecule has 1 N–H and O–H groups in total. The Morgan fingerprint density at radius 1 is 1.70 bits per heavy atom. The highest BCUT2D eigenvalue weighted by atomic mass is 16.4. The van der Waals surface area contributed by atoms with Crippen LogP contribution in [0.15, 0.2) is 12.2 Å². The third-order valence-electron chi connectivity index (χ3n) is 1.06. The number of carboxylic acids is 1. The lowest BCUT2D eigenvalue weighted by Gasteiger charge is -2.09. The maximum absolute atomic E-state index is 10.1. The normalized spacial score (nSPS) is 11.1. The highest BCUT2D eigenvalue weighted by molar-refractivity contribution is 5.69. The van der Waals surface area contributed by atoms with E-state index >= 15 is 0 Å². The number of hydrogen-bond donors (Lipinski definition) is 1. The molecule has 0 aliphatic heterocycles. The van der Waals surface area contributed by atoms with Gasteiger partial charge in [0.15, 0.2) is 0 Å². The van der Waals surface area contributed by atoms with Crippen molar-refractivity contribution in [3.8, 4) is 0 Å². The van der Waals surface area contributed by atoms with E-state index in [0.717, 1.165) is 0 Å². The summed E-state index contributed by atoms with van der Waals surface area (Å²) < 4.78 is 0. The standard InChI is InChI=1S/C7H13NO2/c1-3-4-5-8(2)6-7(9)10/h3-4H,5-6H2,1-2H3,(H,9,10). The van der Waals surface area contributed by atoms with Crippen LogP contribution in [0.25, 0.3) is 0 Å². The Hall–Kier alpha value is -0.830. The minimum atomic E-state index is -0.785. The summed E-state index contributed by atoms with van der Waals surface area (Å²) in [5.41, 5.74) is 0. The van der Waals surface area contributed by atoms with Gasteiger partial charge in [0.05, 0.1) is 6.54 Å². The summed E-state index contributed by atoms with van der Waals surface area (Å²) in [6, 6.07) is 0. The summed E-state index contributed by atoms with van der Waals surface area (Å²) in [5.74, 6) is -0.785. The molecule has 0 bridgehead atoms. The maximum Gasteiger partial charge on any atom is 0.317 e. The van der Waals surface area contributed by atoms with E-state index in [1.165, 1.54) is 0 Å². The minimum absolute atomic E-state index is 0.102. The molecule has 3 heteroatoms. The number of carbonyl (C=O) groups is 1. The average Bonchev–Trinajstić information content (AvgIpc) is 1.82.